The van der Waals surface area contributed by atoms with Crippen LogP contribution in [0.2, 0.25) is 0 Å². The molecule has 0 spiro atoms. The molecule has 0 aliphatic carbocycles. The fraction of sp³-hybridized carbons (Fsp3) is 0.176. The Morgan fingerprint density at radius 3 is 2.72 bits per heavy atom. The van der Waals surface area contributed by atoms with Gasteiger partial charge in [-0.25, -0.2) is 4.98 Å². The van der Waals surface area contributed by atoms with Gasteiger partial charge in [-0.15, -0.1) is 0 Å². The highest BCUT2D eigenvalue weighted by molar-refractivity contribution is 7.98. The SMILES string of the molecule is COc1ccc(-c2nc(SCc3cc(C)no3)[nH]c(=O)c2C#N)cc1. The molecule has 0 fully saturated rings. The van der Waals surface area contributed by atoms with Gasteiger partial charge < -0.3 is 14.2 Å². The Hall–Kier alpha value is -3.05. The topological polar surface area (TPSA) is 105 Å². The van der Waals surface area contributed by atoms with Gasteiger partial charge in [-0.2, -0.15) is 5.26 Å². The van der Waals surface area contributed by atoms with Crippen LogP contribution in [-0.4, -0.2) is 22.2 Å². The van der Waals surface area contributed by atoms with Gasteiger partial charge in [0.05, 0.1) is 24.3 Å². The summed E-state index contributed by atoms with van der Waals surface area (Å²) >= 11 is 1.30. The molecule has 2 heterocycles. The van der Waals surface area contributed by atoms with Gasteiger partial charge in [0.1, 0.15) is 23.1 Å². The number of aromatic nitrogens is 3. The zero-order valence-corrected chi connectivity index (χ0v) is 14.4. The van der Waals surface area contributed by atoms with Crippen LogP contribution in [0.1, 0.15) is 17.0 Å². The summed E-state index contributed by atoms with van der Waals surface area (Å²) in [6, 6.07) is 10.8. The molecule has 0 bridgehead atoms. The minimum Gasteiger partial charge on any atom is -0.497 e. The smallest absolute Gasteiger partial charge is 0.270 e. The molecule has 1 N–H and O–H groups in total. The molecule has 7 nitrogen and oxygen atoms in total. The van der Waals surface area contributed by atoms with Crippen molar-refractivity contribution < 1.29 is 9.26 Å². The zero-order chi connectivity index (χ0) is 17.8. The third-order valence-corrected chi connectivity index (χ3v) is 4.30. The normalized spacial score (nSPS) is 10.4. The van der Waals surface area contributed by atoms with Gasteiger partial charge in [0, 0.05) is 11.6 Å². The van der Waals surface area contributed by atoms with E-state index in [2.05, 4.69) is 15.1 Å². The molecule has 3 rings (SSSR count). The van der Waals surface area contributed by atoms with Gasteiger partial charge >= 0.3 is 0 Å². The quantitative estimate of drug-likeness (QED) is 0.555. The predicted molar refractivity (Wildman–Crippen MR) is 92.4 cm³/mol. The van der Waals surface area contributed by atoms with E-state index in [0.29, 0.717) is 33.7 Å². The third-order valence-electron chi connectivity index (χ3n) is 3.40. The van der Waals surface area contributed by atoms with Crippen molar-refractivity contribution in [3.63, 3.8) is 0 Å². The average molecular weight is 354 g/mol. The zero-order valence-electron chi connectivity index (χ0n) is 13.6. The molecule has 0 radical (unpaired) electrons. The summed E-state index contributed by atoms with van der Waals surface area (Å²) in [7, 11) is 1.57. The average Bonchev–Trinajstić information content (AvgIpc) is 3.05. The summed E-state index contributed by atoms with van der Waals surface area (Å²) in [5.41, 5.74) is 1.30. The Balaban J connectivity index is 1.94. The molecule has 8 heteroatoms. The van der Waals surface area contributed by atoms with Crippen LogP contribution in [0.3, 0.4) is 0 Å². The van der Waals surface area contributed by atoms with Crippen LogP contribution in [-0.2, 0) is 5.75 Å². The molecule has 25 heavy (non-hydrogen) atoms. The number of hydrogen-bond acceptors (Lipinski definition) is 7. The number of nitriles is 1. The van der Waals surface area contributed by atoms with Crippen LogP contribution in [0, 0.1) is 18.3 Å². The first kappa shape index (κ1) is 16.8. The predicted octanol–water partition coefficient (Wildman–Crippen LogP) is 2.91. The third kappa shape index (κ3) is 3.72. The highest BCUT2D eigenvalue weighted by Crippen LogP contribution is 2.25. The number of methoxy groups -OCH3 is 1. The van der Waals surface area contributed by atoms with Gasteiger partial charge in [-0.3, -0.25) is 4.79 Å². The second-order valence-corrected chi connectivity index (χ2v) is 6.12. The number of ether oxygens (including phenoxy) is 1. The van der Waals surface area contributed by atoms with Gasteiger partial charge in [0.2, 0.25) is 0 Å². The van der Waals surface area contributed by atoms with Crippen molar-refractivity contribution in [1.29, 1.82) is 5.26 Å². The first-order chi connectivity index (χ1) is 12.1. The molecule has 0 saturated carbocycles. The summed E-state index contributed by atoms with van der Waals surface area (Å²) in [6.45, 7) is 1.83. The first-order valence-corrected chi connectivity index (χ1v) is 8.33. The largest absolute Gasteiger partial charge is 0.497 e. The van der Waals surface area contributed by atoms with Crippen LogP contribution >= 0.6 is 11.8 Å². The Morgan fingerprint density at radius 1 is 1.36 bits per heavy atom. The van der Waals surface area contributed by atoms with E-state index in [9.17, 15) is 10.1 Å². The fourth-order valence-electron chi connectivity index (χ4n) is 2.21. The molecule has 0 saturated heterocycles. The number of H-pyrrole nitrogens is 1. The number of hydrogen-bond donors (Lipinski definition) is 1. The van der Waals surface area contributed by atoms with Crippen LogP contribution in [0.5, 0.6) is 5.75 Å². The van der Waals surface area contributed by atoms with E-state index in [1.807, 2.05) is 19.1 Å². The summed E-state index contributed by atoms with van der Waals surface area (Å²) in [4.78, 5) is 19.3. The lowest BCUT2D eigenvalue weighted by atomic mass is 10.1. The van der Waals surface area contributed by atoms with Gasteiger partial charge in [-0.05, 0) is 31.2 Å². The van der Waals surface area contributed by atoms with Crippen molar-refractivity contribution in [1.82, 2.24) is 15.1 Å². The fourth-order valence-corrected chi connectivity index (χ4v) is 2.94. The van der Waals surface area contributed by atoms with Crippen molar-refractivity contribution in [3.05, 3.63) is 57.7 Å². The lowest BCUT2D eigenvalue weighted by Crippen LogP contribution is -2.14. The molecule has 1 aromatic carbocycles. The maximum Gasteiger partial charge on any atom is 0.270 e. The van der Waals surface area contributed by atoms with E-state index >= 15 is 0 Å². The van der Waals surface area contributed by atoms with E-state index in [-0.39, 0.29) is 5.56 Å². The highest BCUT2D eigenvalue weighted by atomic mass is 32.2. The maximum atomic E-state index is 12.2. The van der Waals surface area contributed by atoms with Gasteiger partial charge in [0.15, 0.2) is 5.16 Å². The van der Waals surface area contributed by atoms with Crippen molar-refractivity contribution in [2.75, 3.05) is 7.11 Å². The van der Waals surface area contributed by atoms with Crippen molar-refractivity contribution in [3.8, 4) is 23.1 Å². The molecule has 2 aromatic heterocycles. The Bertz CT molecular complexity index is 986. The Labute approximate surface area is 147 Å². The molecule has 0 atom stereocenters. The van der Waals surface area contributed by atoms with E-state index in [4.69, 9.17) is 9.26 Å². The van der Waals surface area contributed by atoms with Crippen LogP contribution < -0.4 is 10.3 Å². The highest BCUT2D eigenvalue weighted by Gasteiger charge is 2.14. The summed E-state index contributed by atoms with van der Waals surface area (Å²) in [5.74, 6) is 1.83. The monoisotopic (exact) mass is 354 g/mol. The van der Waals surface area contributed by atoms with Crippen molar-refractivity contribution in [2.45, 2.75) is 17.8 Å². The second kappa shape index (κ2) is 7.23. The number of nitrogens with zero attached hydrogens (tertiary/aromatic N) is 3. The Kier molecular flexibility index (Phi) is 4.86. The molecule has 0 aliphatic rings. The molecule has 3 aromatic rings. The van der Waals surface area contributed by atoms with E-state index in [0.717, 1.165) is 5.69 Å². The first-order valence-electron chi connectivity index (χ1n) is 7.34. The number of thioether (sulfide) groups is 1. The lowest BCUT2D eigenvalue weighted by Gasteiger charge is -2.07. The van der Waals surface area contributed by atoms with Crippen molar-refractivity contribution in [2.24, 2.45) is 0 Å². The molecule has 126 valence electrons. The molecule has 0 amide bonds. The number of rotatable bonds is 5. The van der Waals surface area contributed by atoms with Crippen molar-refractivity contribution >= 4 is 11.8 Å². The molecular weight excluding hydrogens is 340 g/mol. The summed E-state index contributed by atoms with van der Waals surface area (Å²) in [5, 5.41) is 13.5. The number of aryl methyl sites for hydroxylation is 1. The van der Waals surface area contributed by atoms with Gasteiger partial charge in [0.25, 0.3) is 5.56 Å². The number of aromatic amines is 1. The molecule has 0 unspecified atom stereocenters. The van der Waals surface area contributed by atoms with E-state index in [1.54, 1.807) is 31.4 Å². The minimum atomic E-state index is -0.473. The number of nitrogens with one attached hydrogen (secondary N) is 1. The minimum absolute atomic E-state index is 0.0231. The summed E-state index contributed by atoms with van der Waals surface area (Å²) < 4.78 is 10.3. The van der Waals surface area contributed by atoms with Crippen LogP contribution in [0.25, 0.3) is 11.3 Å². The standard InChI is InChI=1S/C17H14N4O3S/c1-10-7-13(24-21-10)9-25-17-19-15(14(8-18)16(22)20-17)11-3-5-12(23-2)6-4-11/h3-7H,9H2,1-2H3,(H,19,20,22). The Morgan fingerprint density at radius 2 is 2.12 bits per heavy atom. The molecular formula is C17H14N4O3S. The summed E-state index contributed by atoms with van der Waals surface area (Å²) in [6.07, 6.45) is 0. The van der Waals surface area contributed by atoms with Gasteiger partial charge in [-0.1, -0.05) is 16.9 Å². The van der Waals surface area contributed by atoms with E-state index in [1.165, 1.54) is 11.8 Å². The van der Waals surface area contributed by atoms with Crippen LogP contribution in [0.15, 0.2) is 44.8 Å². The second-order valence-electron chi connectivity index (χ2n) is 5.16. The van der Waals surface area contributed by atoms with Crippen LogP contribution in [0.4, 0.5) is 0 Å². The lowest BCUT2D eigenvalue weighted by molar-refractivity contribution is 0.391. The number of benzene rings is 1. The van der Waals surface area contributed by atoms with E-state index < -0.39 is 5.56 Å². The molecule has 0 aliphatic heterocycles. The maximum absolute atomic E-state index is 12.2.